The summed E-state index contributed by atoms with van der Waals surface area (Å²) in [5, 5.41) is 10.9. The van der Waals surface area contributed by atoms with E-state index in [9.17, 15) is 28.8 Å². The maximum absolute atomic E-state index is 13.3. The van der Waals surface area contributed by atoms with E-state index in [1.165, 1.54) is 12.7 Å². The zero-order chi connectivity index (χ0) is 42.3. The van der Waals surface area contributed by atoms with Crippen molar-refractivity contribution in [1.82, 2.24) is 41.2 Å². The summed E-state index contributed by atoms with van der Waals surface area (Å²) in [6.45, 7) is 11.1. The number of unbranched alkanes of at least 4 members (excludes halogenated alkanes) is 3. The molecule has 4 rings (SSSR count). The number of hydrogen-bond donors (Lipinski definition) is 6. The number of hydrogen-bond acceptors (Lipinski definition) is 10. The molecule has 4 amide bonds. The van der Waals surface area contributed by atoms with Gasteiger partial charge >= 0.3 is 11.9 Å². The van der Waals surface area contributed by atoms with Crippen molar-refractivity contribution in [3.8, 4) is 0 Å². The van der Waals surface area contributed by atoms with Crippen molar-refractivity contribution in [3.05, 3.63) is 107 Å². The molecule has 58 heavy (non-hydrogen) atoms. The van der Waals surface area contributed by atoms with Gasteiger partial charge in [-0.05, 0) is 65.5 Å². The average molecular weight is 799 g/mol. The van der Waals surface area contributed by atoms with Crippen LogP contribution in [0.3, 0.4) is 0 Å². The predicted octanol–water partition coefficient (Wildman–Crippen LogP) is 4.22. The third kappa shape index (κ3) is 14.3. The van der Waals surface area contributed by atoms with Crippen molar-refractivity contribution in [3.63, 3.8) is 0 Å². The standard InChI is InChI=1S/C42H54N8O8/c1-41(2,3)57-39(55)29(23-27-17-11-9-12-18-27)49-37(53)33-31(45-25-47-33)35(51)43-21-15-7-8-16-22-44-36(52)32-34(48-26-46-32)38(54)50-30(40(56)58-42(4,5)6)24-28-19-13-10-14-20-28/h9-14,17-20,25-26,29-30H,7-8,15-16,21-24H2,1-6H3,(H,43,51)(H,44,52)(H,45,47)(H,46,48)(H,49,53)(H,50,54). The number of amides is 4. The summed E-state index contributed by atoms with van der Waals surface area (Å²) >= 11 is 0. The Hall–Kier alpha value is -6.32. The first-order valence-corrected chi connectivity index (χ1v) is 19.3. The molecular formula is C42H54N8O8. The van der Waals surface area contributed by atoms with Crippen LogP contribution in [-0.2, 0) is 31.9 Å². The normalized spacial score (nSPS) is 12.4. The predicted molar refractivity (Wildman–Crippen MR) is 215 cm³/mol. The molecule has 2 atom stereocenters. The maximum Gasteiger partial charge on any atom is 0.329 e. The van der Waals surface area contributed by atoms with E-state index in [1.807, 2.05) is 60.7 Å². The lowest BCUT2D eigenvalue weighted by Gasteiger charge is -2.24. The van der Waals surface area contributed by atoms with Gasteiger partial charge in [-0.3, -0.25) is 19.2 Å². The van der Waals surface area contributed by atoms with Gasteiger partial charge in [0.15, 0.2) is 11.4 Å². The van der Waals surface area contributed by atoms with Crippen molar-refractivity contribution >= 4 is 35.6 Å². The highest BCUT2D eigenvalue weighted by Gasteiger charge is 2.31. The number of nitrogens with one attached hydrogen (secondary N) is 6. The number of aromatic amines is 2. The molecule has 16 nitrogen and oxygen atoms in total. The van der Waals surface area contributed by atoms with Gasteiger partial charge in [0.05, 0.1) is 12.7 Å². The van der Waals surface area contributed by atoms with Crippen molar-refractivity contribution in [2.75, 3.05) is 13.1 Å². The minimum absolute atomic E-state index is 0.0359. The molecule has 6 N–H and O–H groups in total. The van der Waals surface area contributed by atoms with Gasteiger partial charge in [-0.25, -0.2) is 19.6 Å². The van der Waals surface area contributed by atoms with Crippen LogP contribution in [-0.4, -0.2) is 91.9 Å². The Balaban J connectivity index is 1.20. The number of ether oxygens (including phenoxy) is 2. The molecule has 4 aromatic rings. The van der Waals surface area contributed by atoms with E-state index in [0.717, 1.165) is 24.0 Å². The molecular weight excluding hydrogens is 745 g/mol. The lowest BCUT2D eigenvalue weighted by atomic mass is 10.1. The van der Waals surface area contributed by atoms with Crippen molar-refractivity contribution < 1.29 is 38.2 Å². The summed E-state index contributed by atoms with van der Waals surface area (Å²) in [5.41, 5.74) is -0.279. The number of nitrogens with zero attached hydrogens (tertiary/aromatic N) is 2. The number of H-pyrrole nitrogens is 2. The lowest BCUT2D eigenvalue weighted by Crippen LogP contribution is -2.46. The summed E-state index contributed by atoms with van der Waals surface area (Å²) in [6, 6.07) is 16.4. The van der Waals surface area contributed by atoms with Gasteiger partial charge in [0.2, 0.25) is 0 Å². The fraction of sp³-hybridized carbons (Fsp3) is 0.429. The molecule has 0 aliphatic rings. The van der Waals surface area contributed by atoms with Gasteiger partial charge in [0.1, 0.15) is 34.7 Å². The van der Waals surface area contributed by atoms with Crippen molar-refractivity contribution in [2.45, 2.75) is 103 Å². The molecule has 2 heterocycles. The number of rotatable bonds is 19. The largest absolute Gasteiger partial charge is 0.458 e. The van der Waals surface area contributed by atoms with Crippen LogP contribution in [0, 0.1) is 0 Å². The zero-order valence-electron chi connectivity index (χ0n) is 33.9. The van der Waals surface area contributed by atoms with E-state index in [0.29, 0.717) is 25.9 Å². The van der Waals surface area contributed by atoms with Gasteiger partial charge in [-0.15, -0.1) is 0 Å². The zero-order valence-corrected chi connectivity index (χ0v) is 33.9. The van der Waals surface area contributed by atoms with Gasteiger partial charge in [-0.1, -0.05) is 73.5 Å². The third-order valence-electron chi connectivity index (χ3n) is 8.40. The minimum atomic E-state index is -1.01. The van der Waals surface area contributed by atoms with Crippen LogP contribution < -0.4 is 21.3 Å². The molecule has 0 bridgehead atoms. The molecule has 2 unspecified atom stereocenters. The Labute approximate surface area is 338 Å². The van der Waals surface area contributed by atoms with Crippen LogP contribution >= 0.6 is 0 Å². The molecule has 2 aromatic carbocycles. The highest BCUT2D eigenvalue weighted by atomic mass is 16.6. The lowest BCUT2D eigenvalue weighted by molar-refractivity contribution is -0.158. The van der Waals surface area contributed by atoms with Gasteiger partial charge in [0.25, 0.3) is 23.6 Å². The second-order valence-corrected chi connectivity index (χ2v) is 15.7. The molecule has 0 saturated carbocycles. The second-order valence-electron chi connectivity index (χ2n) is 15.7. The smallest absolute Gasteiger partial charge is 0.329 e. The monoisotopic (exact) mass is 798 g/mol. The number of benzene rings is 2. The highest BCUT2D eigenvalue weighted by Crippen LogP contribution is 2.15. The summed E-state index contributed by atoms with van der Waals surface area (Å²) in [4.78, 5) is 92.1. The summed E-state index contributed by atoms with van der Waals surface area (Å²) in [7, 11) is 0. The van der Waals surface area contributed by atoms with Gasteiger partial charge < -0.3 is 40.7 Å². The Morgan fingerprint density at radius 3 is 1.26 bits per heavy atom. The van der Waals surface area contributed by atoms with E-state index in [2.05, 4.69) is 41.2 Å². The molecule has 2 aromatic heterocycles. The topological polar surface area (TPSA) is 226 Å². The molecule has 0 aliphatic heterocycles. The minimum Gasteiger partial charge on any atom is -0.458 e. The van der Waals surface area contributed by atoms with E-state index in [-0.39, 0.29) is 35.6 Å². The van der Waals surface area contributed by atoms with Crippen LogP contribution in [0.1, 0.15) is 120 Å². The molecule has 310 valence electrons. The van der Waals surface area contributed by atoms with Crippen LogP contribution in [0.2, 0.25) is 0 Å². The van der Waals surface area contributed by atoms with Crippen LogP contribution in [0.4, 0.5) is 0 Å². The summed E-state index contributed by atoms with van der Waals surface area (Å²) < 4.78 is 11.1. The Bertz CT molecular complexity index is 1850. The van der Waals surface area contributed by atoms with E-state index in [4.69, 9.17) is 9.47 Å². The number of esters is 2. The van der Waals surface area contributed by atoms with Gasteiger partial charge in [0, 0.05) is 25.9 Å². The molecule has 0 saturated heterocycles. The third-order valence-corrected chi connectivity index (χ3v) is 8.40. The highest BCUT2D eigenvalue weighted by molar-refractivity contribution is 6.06. The van der Waals surface area contributed by atoms with E-state index >= 15 is 0 Å². The molecule has 0 spiro atoms. The number of aromatic nitrogens is 4. The van der Waals surface area contributed by atoms with E-state index < -0.39 is 58.9 Å². The van der Waals surface area contributed by atoms with Crippen LogP contribution in [0.5, 0.6) is 0 Å². The molecule has 16 heteroatoms. The SMILES string of the molecule is CC(C)(C)OC(=O)C(Cc1ccccc1)NC(=O)c1nc[nH]c1C(=O)NCCCCCCNC(=O)c1[nH]cnc1C(=O)NC(Cc1ccccc1)C(=O)OC(C)(C)C. The first kappa shape index (κ1) is 44.4. The average Bonchev–Trinajstić information content (AvgIpc) is 3.86. The Morgan fingerprint density at radius 1 is 0.552 bits per heavy atom. The molecule has 0 radical (unpaired) electrons. The van der Waals surface area contributed by atoms with Crippen LogP contribution in [0.15, 0.2) is 73.3 Å². The summed E-state index contributed by atoms with van der Waals surface area (Å²) in [6.07, 6.45) is 5.56. The van der Waals surface area contributed by atoms with Crippen molar-refractivity contribution in [1.29, 1.82) is 0 Å². The number of carbonyl (C=O) groups is 6. The second kappa shape index (κ2) is 20.7. The first-order valence-electron chi connectivity index (χ1n) is 19.3. The van der Waals surface area contributed by atoms with E-state index in [1.54, 1.807) is 41.5 Å². The Kier molecular flexibility index (Phi) is 15.9. The number of imidazole rings is 2. The first-order chi connectivity index (χ1) is 27.5. The van der Waals surface area contributed by atoms with Crippen LogP contribution in [0.25, 0.3) is 0 Å². The summed E-state index contributed by atoms with van der Waals surface area (Å²) in [5.74, 6) is -3.66. The van der Waals surface area contributed by atoms with Gasteiger partial charge in [-0.2, -0.15) is 0 Å². The Morgan fingerprint density at radius 2 is 0.914 bits per heavy atom. The molecule has 0 aliphatic carbocycles. The fourth-order valence-electron chi connectivity index (χ4n) is 5.75. The molecule has 0 fully saturated rings. The number of carbonyl (C=O) groups excluding carboxylic acids is 6. The fourth-order valence-corrected chi connectivity index (χ4v) is 5.75. The van der Waals surface area contributed by atoms with Crippen molar-refractivity contribution in [2.24, 2.45) is 0 Å². The maximum atomic E-state index is 13.3. The quantitative estimate of drug-likeness (QED) is 0.0585.